The van der Waals surface area contributed by atoms with E-state index >= 15 is 0 Å². The predicted octanol–water partition coefficient (Wildman–Crippen LogP) is 2.63. The minimum atomic E-state index is -0.549. The summed E-state index contributed by atoms with van der Waals surface area (Å²) in [6, 6.07) is 23.7. The molecule has 0 amide bonds. The zero-order chi connectivity index (χ0) is 30.4. The van der Waals surface area contributed by atoms with Gasteiger partial charge in [0.05, 0.1) is 30.1 Å². The number of nitro groups is 2. The van der Waals surface area contributed by atoms with Crippen LogP contribution < -0.4 is 43.8 Å². The summed E-state index contributed by atoms with van der Waals surface area (Å²) in [4.78, 5) is 47.3. The van der Waals surface area contributed by atoms with E-state index in [9.17, 15) is 25.0 Å². The second-order valence-electron chi connectivity index (χ2n) is 7.96. The van der Waals surface area contributed by atoms with Crippen LogP contribution in [0.15, 0.2) is 84.9 Å². The van der Waals surface area contributed by atoms with Crippen LogP contribution in [0.3, 0.4) is 0 Å². The Morgan fingerprint density at radius 3 is 1.58 bits per heavy atom. The summed E-state index contributed by atoms with van der Waals surface area (Å²) in [7, 11) is 3.15. The van der Waals surface area contributed by atoms with Crippen molar-refractivity contribution in [2.75, 3.05) is 14.2 Å². The number of methoxy groups -OCH3 is 2. The van der Waals surface area contributed by atoms with Gasteiger partial charge in [0.25, 0.3) is 17.8 Å². The Morgan fingerprint density at radius 2 is 1.16 bits per heavy atom. The summed E-state index contributed by atoms with van der Waals surface area (Å²) in [5, 5.41) is 21.4. The molecule has 0 aliphatic rings. The van der Waals surface area contributed by atoms with Gasteiger partial charge in [-0.05, 0) is 65.6 Å². The molecule has 0 spiro atoms. The summed E-state index contributed by atoms with van der Waals surface area (Å²) in [5.74, 6) is 1.53. The first kappa shape index (κ1) is 38.1. The molecule has 1 N–H and O–H groups in total. The Morgan fingerprint density at radius 1 is 0.721 bits per heavy atom. The Kier molecular flexibility index (Phi) is 17.1. The van der Waals surface area contributed by atoms with Crippen LogP contribution in [0.1, 0.15) is 5.56 Å². The summed E-state index contributed by atoms with van der Waals surface area (Å²) < 4.78 is 15.1. The predicted molar refractivity (Wildman–Crippen MR) is 149 cm³/mol. The average molecular weight is 601 g/mol. The number of nitrogens with zero attached hydrogens (tertiary/aromatic N) is 2. The first-order valence-electron chi connectivity index (χ1n) is 11.6. The number of nitro benzene ring substituents is 2. The van der Waals surface area contributed by atoms with Gasteiger partial charge in [0.2, 0.25) is 0 Å². The van der Waals surface area contributed by atoms with Crippen molar-refractivity contribution in [3.05, 3.63) is 111 Å². The minimum Gasteiger partial charge on any atom is -0.870 e. The second kappa shape index (κ2) is 19.3. The Labute approximate surface area is 267 Å². The fourth-order valence-corrected chi connectivity index (χ4v) is 3.68. The minimum absolute atomic E-state index is 0. The van der Waals surface area contributed by atoms with E-state index < -0.39 is 4.92 Å². The van der Waals surface area contributed by atoms with Crippen molar-refractivity contribution in [2.24, 2.45) is 0 Å². The van der Waals surface area contributed by atoms with E-state index in [1.807, 2.05) is 31.2 Å². The Bertz CT molecular complexity index is 1570. The third-order valence-corrected chi connectivity index (χ3v) is 5.53. The van der Waals surface area contributed by atoms with Gasteiger partial charge in [0.15, 0.2) is 0 Å². The van der Waals surface area contributed by atoms with Gasteiger partial charge in [-0.25, -0.2) is 0 Å². The summed E-state index contributed by atoms with van der Waals surface area (Å²) in [6.45, 7) is 2.10. The van der Waals surface area contributed by atoms with Gasteiger partial charge >= 0.3 is 35.7 Å². The SMILES string of the molecule is COc1cccc(-c2ccc([N+](=O)[O-])cc2C)c1.COc1cccc(-c2ccc([N+](=O)[O-])cc2OC=O)c1.O=C=O.[Na+].[OH-]. The number of ether oxygens (including phenoxy) is 3. The first-order valence-corrected chi connectivity index (χ1v) is 11.6. The van der Waals surface area contributed by atoms with Gasteiger partial charge in [0.1, 0.15) is 17.2 Å². The van der Waals surface area contributed by atoms with Crippen LogP contribution in [-0.2, 0) is 14.4 Å². The van der Waals surface area contributed by atoms with Crippen molar-refractivity contribution >= 4 is 24.0 Å². The number of benzene rings is 4. The molecule has 0 fully saturated rings. The summed E-state index contributed by atoms with van der Waals surface area (Å²) in [6.07, 6.45) is 0.250. The number of carbonyl (C=O) groups excluding carboxylic acids is 3. The van der Waals surface area contributed by atoms with E-state index in [2.05, 4.69) is 0 Å². The summed E-state index contributed by atoms with van der Waals surface area (Å²) >= 11 is 0. The fourth-order valence-electron chi connectivity index (χ4n) is 3.68. The normalized spacial score (nSPS) is 9.00. The topological polar surface area (TPSA) is 195 Å². The smallest absolute Gasteiger partial charge is 0.870 e. The molecule has 0 aromatic heterocycles. The van der Waals surface area contributed by atoms with Crippen molar-refractivity contribution < 1.29 is 73.5 Å². The third-order valence-electron chi connectivity index (χ3n) is 5.53. The summed E-state index contributed by atoms with van der Waals surface area (Å²) in [5.41, 5.74) is 4.10. The number of non-ortho nitro benzene ring substituents is 2. The van der Waals surface area contributed by atoms with Crippen molar-refractivity contribution in [1.82, 2.24) is 0 Å². The molecule has 218 valence electrons. The second-order valence-corrected chi connectivity index (χ2v) is 7.96. The molecule has 0 aliphatic carbocycles. The van der Waals surface area contributed by atoms with Crippen LogP contribution in [0.25, 0.3) is 22.3 Å². The van der Waals surface area contributed by atoms with E-state index in [4.69, 9.17) is 23.8 Å². The number of aryl methyl sites for hydroxylation is 1. The maximum Gasteiger partial charge on any atom is 1.00 e. The Hall–Kier alpha value is -4.91. The number of carbonyl (C=O) groups is 1. The standard InChI is InChI=1S/C14H11NO5.C14H13NO3.CO2.Na.H2O/c1-19-12-4-2-3-10(7-12)13-6-5-11(15(17)18)8-14(13)20-9-16;1-10-8-12(15(16)17)6-7-14(10)11-4-3-5-13(9-11)18-2;2-1-3;;/h2-9H,1H3;3-9H,1-2H3;;;1H2/q;;;+1;/p-1. The molecule has 0 saturated heterocycles. The number of hydrogen-bond donors (Lipinski definition) is 0. The van der Waals surface area contributed by atoms with Gasteiger partial charge in [-0.3, -0.25) is 25.0 Å². The van der Waals surface area contributed by atoms with Crippen LogP contribution >= 0.6 is 0 Å². The molecule has 14 heteroatoms. The van der Waals surface area contributed by atoms with E-state index in [-0.39, 0.29) is 69.7 Å². The number of hydrogen-bond acceptors (Lipinski definition) is 11. The van der Waals surface area contributed by atoms with Crippen LogP contribution in [-0.4, -0.2) is 42.2 Å². The van der Waals surface area contributed by atoms with Crippen molar-refractivity contribution in [3.63, 3.8) is 0 Å². The molecule has 0 bridgehead atoms. The quantitative estimate of drug-likeness (QED) is 0.125. The monoisotopic (exact) mass is 600 g/mol. The maximum atomic E-state index is 10.7. The largest absolute Gasteiger partial charge is 1.00 e. The molecule has 43 heavy (non-hydrogen) atoms. The van der Waals surface area contributed by atoms with Crippen molar-refractivity contribution in [2.45, 2.75) is 6.92 Å². The van der Waals surface area contributed by atoms with E-state index in [1.54, 1.807) is 43.5 Å². The van der Waals surface area contributed by atoms with E-state index in [0.29, 0.717) is 11.3 Å². The zero-order valence-corrected chi connectivity index (χ0v) is 25.6. The molecule has 0 unspecified atom stereocenters. The van der Waals surface area contributed by atoms with Gasteiger partial charge in [-0.1, -0.05) is 24.3 Å². The molecule has 0 saturated carbocycles. The average Bonchev–Trinajstić information content (AvgIpc) is 2.98. The first-order chi connectivity index (χ1) is 19.7. The van der Waals surface area contributed by atoms with Gasteiger partial charge in [0, 0.05) is 23.8 Å². The van der Waals surface area contributed by atoms with Crippen LogP contribution in [0.4, 0.5) is 11.4 Å². The van der Waals surface area contributed by atoms with Crippen molar-refractivity contribution in [1.29, 1.82) is 0 Å². The van der Waals surface area contributed by atoms with Crippen LogP contribution in [0.5, 0.6) is 17.2 Å². The molecule has 0 radical (unpaired) electrons. The van der Waals surface area contributed by atoms with E-state index in [0.717, 1.165) is 28.0 Å². The van der Waals surface area contributed by atoms with E-state index in [1.165, 1.54) is 31.4 Å². The molecule has 4 aromatic carbocycles. The van der Waals surface area contributed by atoms with Crippen LogP contribution in [0, 0.1) is 27.2 Å². The number of rotatable bonds is 8. The molecule has 0 heterocycles. The molecule has 0 atom stereocenters. The van der Waals surface area contributed by atoms with Crippen molar-refractivity contribution in [3.8, 4) is 39.5 Å². The third kappa shape index (κ3) is 11.1. The molecule has 4 aromatic rings. The maximum absolute atomic E-state index is 10.7. The Balaban J connectivity index is 0.000000724. The van der Waals surface area contributed by atoms with Gasteiger partial charge < -0.3 is 19.7 Å². The molecule has 0 aliphatic heterocycles. The zero-order valence-electron chi connectivity index (χ0n) is 23.6. The molecule has 4 rings (SSSR count). The molecular formula is C29H25N2NaO11. The van der Waals surface area contributed by atoms with Gasteiger partial charge in [-0.15, -0.1) is 0 Å². The fraction of sp³-hybridized carbons (Fsp3) is 0.103. The van der Waals surface area contributed by atoms with Gasteiger partial charge in [-0.2, -0.15) is 9.59 Å². The molecule has 13 nitrogen and oxygen atoms in total. The molecular weight excluding hydrogens is 575 g/mol. The van der Waals surface area contributed by atoms with Crippen LogP contribution in [0.2, 0.25) is 0 Å².